The molecule has 0 aliphatic heterocycles. The van der Waals surface area contributed by atoms with Crippen LogP contribution in [0.1, 0.15) is 12.6 Å². The van der Waals surface area contributed by atoms with E-state index in [0.717, 1.165) is 16.5 Å². The average molecular weight is 316 g/mol. The summed E-state index contributed by atoms with van der Waals surface area (Å²) in [6.45, 7) is 2.66. The van der Waals surface area contributed by atoms with Gasteiger partial charge in [-0.25, -0.2) is 9.97 Å². The molecule has 1 atom stereocenters. The van der Waals surface area contributed by atoms with Crippen molar-refractivity contribution in [2.75, 3.05) is 0 Å². The number of nitrogens with zero attached hydrogens (tertiary/aromatic N) is 3. The molecule has 0 radical (unpaired) electrons. The Bertz CT molecular complexity index is 719. The van der Waals surface area contributed by atoms with Gasteiger partial charge in [0.25, 0.3) is 0 Å². The van der Waals surface area contributed by atoms with Crippen LogP contribution in [0.5, 0.6) is 0 Å². The molecule has 0 saturated carbocycles. The zero-order valence-electron chi connectivity index (χ0n) is 12.1. The Morgan fingerprint density at radius 2 is 2.45 bits per heavy atom. The highest BCUT2D eigenvalue weighted by molar-refractivity contribution is 7.13. The minimum Gasteiger partial charge on any atom is -0.462 e. The highest BCUT2D eigenvalue weighted by atomic mass is 32.1. The van der Waals surface area contributed by atoms with Crippen molar-refractivity contribution in [1.29, 1.82) is 0 Å². The fourth-order valence-corrected chi connectivity index (χ4v) is 2.93. The number of carbonyl (C=O) groups is 1. The van der Waals surface area contributed by atoms with Crippen molar-refractivity contribution < 1.29 is 9.21 Å². The summed E-state index contributed by atoms with van der Waals surface area (Å²) < 4.78 is 7.23. The second-order valence-electron chi connectivity index (χ2n) is 5.03. The average Bonchev–Trinajstić information content (AvgIpc) is 3.19. The van der Waals surface area contributed by atoms with Crippen molar-refractivity contribution in [3.8, 4) is 10.8 Å². The van der Waals surface area contributed by atoms with Gasteiger partial charge >= 0.3 is 0 Å². The fourth-order valence-electron chi connectivity index (χ4n) is 2.15. The van der Waals surface area contributed by atoms with Crippen molar-refractivity contribution in [3.63, 3.8) is 0 Å². The minimum absolute atomic E-state index is 0.0323. The number of imidazole rings is 1. The normalized spacial score (nSPS) is 12.2. The standard InChI is InChI=1S/C15H16N4O2S/c1-11(8-19-5-4-16-10-19)17-14(20)7-12-9-22-15(18-12)13-3-2-6-21-13/h2-6,9-11H,7-8H2,1H3,(H,17,20)/t11-/m1/s1. The van der Waals surface area contributed by atoms with Crippen LogP contribution < -0.4 is 5.32 Å². The quantitative estimate of drug-likeness (QED) is 0.757. The van der Waals surface area contributed by atoms with E-state index in [1.54, 1.807) is 18.8 Å². The van der Waals surface area contributed by atoms with E-state index < -0.39 is 0 Å². The van der Waals surface area contributed by atoms with Crippen LogP contribution in [0.25, 0.3) is 10.8 Å². The molecule has 0 unspecified atom stereocenters. The van der Waals surface area contributed by atoms with Crippen molar-refractivity contribution in [2.24, 2.45) is 0 Å². The van der Waals surface area contributed by atoms with Crippen molar-refractivity contribution in [2.45, 2.75) is 25.9 Å². The van der Waals surface area contributed by atoms with Gasteiger partial charge in [-0.2, -0.15) is 0 Å². The molecule has 3 aromatic heterocycles. The Balaban J connectivity index is 1.53. The Morgan fingerprint density at radius 3 is 3.18 bits per heavy atom. The van der Waals surface area contributed by atoms with E-state index >= 15 is 0 Å². The maximum absolute atomic E-state index is 12.1. The molecule has 3 rings (SSSR count). The summed E-state index contributed by atoms with van der Waals surface area (Å²) in [6.07, 6.45) is 7.21. The molecule has 0 aliphatic rings. The summed E-state index contributed by atoms with van der Waals surface area (Å²) in [5, 5.41) is 5.64. The van der Waals surface area contributed by atoms with E-state index in [1.165, 1.54) is 11.3 Å². The largest absolute Gasteiger partial charge is 0.462 e. The van der Waals surface area contributed by atoms with Crippen molar-refractivity contribution in [1.82, 2.24) is 19.9 Å². The second-order valence-corrected chi connectivity index (χ2v) is 5.88. The minimum atomic E-state index is -0.0380. The monoisotopic (exact) mass is 316 g/mol. The van der Waals surface area contributed by atoms with E-state index in [4.69, 9.17) is 4.42 Å². The molecule has 22 heavy (non-hydrogen) atoms. The van der Waals surface area contributed by atoms with Gasteiger partial charge in [-0.1, -0.05) is 0 Å². The summed E-state index contributed by atoms with van der Waals surface area (Å²) in [4.78, 5) is 20.5. The first-order valence-electron chi connectivity index (χ1n) is 6.94. The topological polar surface area (TPSA) is 73.0 Å². The van der Waals surface area contributed by atoms with Crippen LogP contribution in [0.4, 0.5) is 0 Å². The third kappa shape index (κ3) is 3.62. The first-order valence-corrected chi connectivity index (χ1v) is 7.82. The number of thiazole rings is 1. The number of amides is 1. The Kier molecular flexibility index (Phi) is 4.34. The number of rotatable bonds is 6. The van der Waals surface area contributed by atoms with Crippen LogP contribution >= 0.6 is 11.3 Å². The molecule has 0 aromatic carbocycles. The van der Waals surface area contributed by atoms with E-state index in [0.29, 0.717) is 6.54 Å². The van der Waals surface area contributed by atoms with Gasteiger partial charge in [-0.15, -0.1) is 11.3 Å². The van der Waals surface area contributed by atoms with Gasteiger partial charge in [-0.3, -0.25) is 4.79 Å². The van der Waals surface area contributed by atoms with Crippen LogP contribution in [0.15, 0.2) is 46.9 Å². The van der Waals surface area contributed by atoms with Gasteiger partial charge in [0.15, 0.2) is 10.8 Å². The number of nitrogens with one attached hydrogen (secondary N) is 1. The van der Waals surface area contributed by atoms with Crippen LogP contribution in [0, 0.1) is 0 Å². The Labute approximate surface area is 131 Å². The number of carbonyl (C=O) groups excluding carboxylic acids is 1. The molecule has 0 saturated heterocycles. The van der Waals surface area contributed by atoms with Gasteiger partial charge < -0.3 is 14.3 Å². The molecular weight excluding hydrogens is 300 g/mol. The predicted octanol–water partition coefficient (Wildman–Crippen LogP) is 2.35. The summed E-state index contributed by atoms with van der Waals surface area (Å²) >= 11 is 1.47. The molecule has 6 nitrogen and oxygen atoms in total. The van der Waals surface area contributed by atoms with Crippen LogP contribution in [-0.2, 0) is 17.8 Å². The Hall–Kier alpha value is -2.41. The van der Waals surface area contributed by atoms with Gasteiger partial charge in [0.1, 0.15) is 0 Å². The van der Waals surface area contributed by atoms with Crippen LogP contribution in [-0.4, -0.2) is 26.5 Å². The lowest BCUT2D eigenvalue weighted by atomic mass is 10.2. The van der Waals surface area contributed by atoms with Gasteiger partial charge in [0.2, 0.25) is 5.91 Å². The third-order valence-corrected chi connectivity index (χ3v) is 3.98. The number of hydrogen-bond acceptors (Lipinski definition) is 5. The van der Waals surface area contributed by atoms with E-state index in [-0.39, 0.29) is 18.4 Å². The SMILES string of the molecule is C[C@H](Cn1ccnc1)NC(=O)Cc1csc(-c2ccco2)n1. The summed E-state index contributed by atoms with van der Waals surface area (Å²) in [7, 11) is 0. The molecule has 0 aliphatic carbocycles. The summed E-state index contributed by atoms with van der Waals surface area (Å²) in [5.41, 5.74) is 0.753. The maximum Gasteiger partial charge on any atom is 0.226 e. The van der Waals surface area contributed by atoms with Crippen molar-refractivity contribution >= 4 is 17.2 Å². The molecule has 7 heteroatoms. The molecule has 1 amide bonds. The predicted molar refractivity (Wildman–Crippen MR) is 83.4 cm³/mol. The van der Waals surface area contributed by atoms with Gasteiger partial charge in [-0.05, 0) is 19.1 Å². The highest BCUT2D eigenvalue weighted by Crippen LogP contribution is 2.24. The molecule has 0 bridgehead atoms. The van der Waals surface area contributed by atoms with Gasteiger partial charge in [0, 0.05) is 30.4 Å². The highest BCUT2D eigenvalue weighted by Gasteiger charge is 2.12. The van der Waals surface area contributed by atoms with E-state index in [1.807, 2.05) is 35.2 Å². The summed E-state index contributed by atoms with van der Waals surface area (Å²) in [5.74, 6) is 0.689. The molecule has 3 aromatic rings. The van der Waals surface area contributed by atoms with E-state index in [2.05, 4.69) is 15.3 Å². The molecule has 3 heterocycles. The fraction of sp³-hybridized carbons (Fsp3) is 0.267. The third-order valence-electron chi connectivity index (χ3n) is 3.08. The number of aromatic nitrogens is 3. The first-order chi connectivity index (χ1) is 10.7. The van der Waals surface area contributed by atoms with Crippen molar-refractivity contribution in [3.05, 3.63) is 48.2 Å². The lowest BCUT2D eigenvalue weighted by molar-refractivity contribution is -0.121. The van der Waals surface area contributed by atoms with Crippen LogP contribution in [0.2, 0.25) is 0 Å². The summed E-state index contributed by atoms with van der Waals surface area (Å²) in [6, 6.07) is 3.71. The zero-order valence-corrected chi connectivity index (χ0v) is 12.9. The van der Waals surface area contributed by atoms with Crippen LogP contribution in [0.3, 0.4) is 0 Å². The molecular formula is C15H16N4O2S. The molecule has 0 fully saturated rings. The molecule has 0 spiro atoms. The molecule has 114 valence electrons. The number of furan rings is 1. The second kappa shape index (κ2) is 6.57. The molecule has 1 N–H and O–H groups in total. The number of hydrogen-bond donors (Lipinski definition) is 1. The van der Waals surface area contributed by atoms with E-state index in [9.17, 15) is 4.79 Å². The smallest absolute Gasteiger partial charge is 0.226 e. The first kappa shape index (κ1) is 14.5. The maximum atomic E-state index is 12.1. The lowest BCUT2D eigenvalue weighted by Gasteiger charge is -2.13. The lowest BCUT2D eigenvalue weighted by Crippen LogP contribution is -2.36. The zero-order chi connectivity index (χ0) is 15.4. The van der Waals surface area contributed by atoms with Gasteiger partial charge in [0.05, 0.1) is 24.7 Å². The Morgan fingerprint density at radius 1 is 1.55 bits per heavy atom.